The van der Waals surface area contributed by atoms with Gasteiger partial charge in [0.15, 0.2) is 5.16 Å². The molecular formula is C22H25N3O3S. The molecule has 0 radical (unpaired) electrons. The van der Waals surface area contributed by atoms with Gasteiger partial charge in [-0.15, -0.1) is 0 Å². The number of hydrogen-bond donors (Lipinski definition) is 1. The Labute approximate surface area is 173 Å². The van der Waals surface area contributed by atoms with Crippen LogP contribution in [0.5, 0.6) is 0 Å². The number of rotatable bonds is 6. The fraction of sp³-hybridized carbons (Fsp3) is 0.409. The van der Waals surface area contributed by atoms with Crippen LogP contribution >= 0.6 is 11.8 Å². The molecule has 3 aromatic rings. The molecule has 152 valence electrons. The first-order valence-electron chi connectivity index (χ1n) is 10.1. The molecule has 1 amide bonds. The second kappa shape index (κ2) is 8.86. The highest BCUT2D eigenvalue weighted by molar-refractivity contribution is 7.99. The number of benzene rings is 1. The van der Waals surface area contributed by atoms with Crippen molar-refractivity contribution in [2.24, 2.45) is 0 Å². The van der Waals surface area contributed by atoms with Crippen LogP contribution < -0.4 is 10.9 Å². The van der Waals surface area contributed by atoms with Crippen molar-refractivity contribution >= 4 is 28.6 Å². The van der Waals surface area contributed by atoms with Crippen molar-refractivity contribution in [3.05, 3.63) is 58.8 Å². The zero-order valence-corrected chi connectivity index (χ0v) is 17.3. The number of carbonyl (C=O) groups is 1. The average Bonchev–Trinajstić information content (AvgIpc) is 3.28. The van der Waals surface area contributed by atoms with E-state index in [4.69, 9.17) is 9.40 Å². The molecule has 1 fully saturated rings. The van der Waals surface area contributed by atoms with E-state index in [9.17, 15) is 9.59 Å². The maximum absolute atomic E-state index is 13.2. The first kappa shape index (κ1) is 19.8. The largest absolute Gasteiger partial charge is 0.467 e. The fourth-order valence-corrected chi connectivity index (χ4v) is 4.79. The summed E-state index contributed by atoms with van der Waals surface area (Å²) in [6.45, 7) is 1.88. The third-order valence-corrected chi connectivity index (χ3v) is 6.35. The summed E-state index contributed by atoms with van der Waals surface area (Å²) in [4.78, 5) is 30.4. The van der Waals surface area contributed by atoms with Crippen LogP contribution in [-0.4, -0.2) is 21.2 Å². The molecule has 1 aliphatic carbocycles. The molecule has 0 spiro atoms. The van der Waals surface area contributed by atoms with E-state index in [1.807, 2.05) is 41.8 Å². The molecule has 1 atom stereocenters. The summed E-state index contributed by atoms with van der Waals surface area (Å²) >= 11 is 1.33. The van der Waals surface area contributed by atoms with Gasteiger partial charge in [0.1, 0.15) is 5.76 Å². The van der Waals surface area contributed by atoms with E-state index < -0.39 is 0 Å². The van der Waals surface area contributed by atoms with Crippen LogP contribution in [0.1, 0.15) is 56.9 Å². The lowest BCUT2D eigenvalue weighted by molar-refractivity contribution is -0.119. The molecule has 1 saturated carbocycles. The molecule has 0 bridgehead atoms. The molecular weight excluding hydrogens is 386 g/mol. The minimum Gasteiger partial charge on any atom is -0.467 e. The maximum Gasteiger partial charge on any atom is 0.262 e. The predicted octanol–water partition coefficient (Wildman–Crippen LogP) is 4.46. The normalized spacial score (nSPS) is 16.0. The Bertz CT molecular complexity index is 1040. The monoisotopic (exact) mass is 411 g/mol. The molecule has 1 N–H and O–H groups in total. The molecule has 4 rings (SSSR count). The third kappa shape index (κ3) is 4.40. The molecule has 2 heterocycles. The second-order valence-corrected chi connectivity index (χ2v) is 8.41. The van der Waals surface area contributed by atoms with Gasteiger partial charge in [0, 0.05) is 6.04 Å². The third-order valence-electron chi connectivity index (χ3n) is 5.40. The van der Waals surface area contributed by atoms with Crippen LogP contribution in [0, 0.1) is 0 Å². The maximum atomic E-state index is 13.2. The molecule has 0 saturated heterocycles. The number of fused-ring (bicyclic) bond motifs is 1. The van der Waals surface area contributed by atoms with Crippen molar-refractivity contribution in [3.8, 4) is 0 Å². The number of nitrogens with zero attached hydrogens (tertiary/aromatic N) is 2. The van der Waals surface area contributed by atoms with E-state index in [0.717, 1.165) is 25.7 Å². The van der Waals surface area contributed by atoms with Crippen molar-refractivity contribution < 1.29 is 9.21 Å². The lowest BCUT2D eigenvalue weighted by Gasteiger charge is -2.26. The first-order valence-corrected chi connectivity index (χ1v) is 11.1. The SMILES string of the molecule is C[C@@H](NC(=O)CSc1nc2ccccc2c(=O)n1C1CCCCC1)c1ccco1. The standard InChI is InChI=1S/C22H25N3O3S/c1-15(19-12-7-13-28-19)23-20(26)14-29-22-24-18-11-6-5-10-17(18)21(27)25(22)16-8-3-2-4-9-16/h5-7,10-13,15-16H,2-4,8-9,14H2,1H3,(H,23,26)/t15-/m1/s1. The summed E-state index contributed by atoms with van der Waals surface area (Å²) in [6.07, 6.45) is 7.01. The van der Waals surface area contributed by atoms with Gasteiger partial charge >= 0.3 is 0 Å². The van der Waals surface area contributed by atoms with Crippen molar-refractivity contribution in [3.63, 3.8) is 0 Å². The number of thioether (sulfide) groups is 1. The average molecular weight is 412 g/mol. The van der Waals surface area contributed by atoms with E-state index in [2.05, 4.69) is 5.32 Å². The van der Waals surface area contributed by atoms with Crippen molar-refractivity contribution in [1.82, 2.24) is 14.9 Å². The van der Waals surface area contributed by atoms with Gasteiger partial charge in [-0.1, -0.05) is 43.2 Å². The molecule has 1 aliphatic rings. The summed E-state index contributed by atoms with van der Waals surface area (Å²) in [7, 11) is 0. The van der Waals surface area contributed by atoms with E-state index in [0.29, 0.717) is 21.8 Å². The Morgan fingerprint density at radius 3 is 2.79 bits per heavy atom. The minimum absolute atomic E-state index is 0.00522. The van der Waals surface area contributed by atoms with Crippen molar-refractivity contribution in [1.29, 1.82) is 0 Å². The summed E-state index contributed by atoms with van der Waals surface area (Å²) in [5, 5.41) is 4.20. The highest BCUT2D eigenvalue weighted by atomic mass is 32.2. The Hall–Kier alpha value is -2.54. The number of hydrogen-bond acceptors (Lipinski definition) is 5. The summed E-state index contributed by atoms with van der Waals surface area (Å²) in [6, 6.07) is 11.0. The number of amides is 1. The molecule has 2 aromatic heterocycles. The van der Waals surface area contributed by atoms with Crippen molar-refractivity contribution in [2.75, 3.05) is 5.75 Å². The predicted molar refractivity (Wildman–Crippen MR) is 114 cm³/mol. The van der Waals surface area contributed by atoms with Crippen LogP contribution in [0.15, 0.2) is 57.0 Å². The quantitative estimate of drug-likeness (QED) is 0.478. The number of para-hydroxylation sites is 1. The highest BCUT2D eigenvalue weighted by Crippen LogP contribution is 2.31. The smallest absolute Gasteiger partial charge is 0.262 e. The summed E-state index contributed by atoms with van der Waals surface area (Å²) < 4.78 is 7.17. The van der Waals surface area contributed by atoms with Crippen LogP contribution in [0.3, 0.4) is 0 Å². The van der Waals surface area contributed by atoms with Gasteiger partial charge in [0.2, 0.25) is 5.91 Å². The zero-order valence-electron chi connectivity index (χ0n) is 16.5. The first-order chi connectivity index (χ1) is 14.1. The number of aromatic nitrogens is 2. The Balaban J connectivity index is 1.57. The van der Waals surface area contributed by atoms with E-state index in [-0.39, 0.29) is 29.3 Å². The summed E-state index contributed by atoms with van der Waals surface area (Å²) in [5.74, 6) is 0.797. The second-order valence-electron chi connectivity index (χ2n) is 7.47. The van der Waals surface area contributed by atoms with E-state index >= 15 is 0 Å². The molecule has 1 aromatic carbocycles. The molecule has 6 nitrogen and oxygen atoms in total. The Morgan fingerprint density at radius 2 is 2.03 bits per heavy atom. The van der Waals surface area contributed by atoms with E-state index in [1.54, 1.807) is 12.3 Å². The fourth-order valence-electron chi connectivity index (χ4n) is 3.91. The van der Waals surface area contributed by atoms with Gasteiger partial charge in [-0.25, -0.2) is 4.98 Å². The number of nitrogens with one attached hydrogen (secondary N) is 1. The number of carbonyl (C=O) groups excluding carboxylic acids is 1. The van der Waals surface area contributed by atoms with Crippen LogP contribution in [0.25, 0.3) is 10.9 Å². The van der Waals surface area contributed by atoms with Crippen LogP contribution in [0.4, 0.5) is 0 Å². The molecule has 29 heavy (non-hydrogen) atoms. The Kier molecular flexibility index (Phi) is 6.04. The molecule has 7 heteroatoms. The Morgan fingerprint density at radius 1 is 1.24 bits per heavy atom. The zero-order chi connectivity index (χ0) is 20.2. The van der Waals surface area contributed by atoms with Crippen LogP contribution in [0.2, 0.25) is 0 Å². The summed E-state index contributed by atoms with van der Waals surface area (Å²) in [5.41, 5.74) is 0.672. The van der Waals surface area contributed by atoms with Crippen molar-refractivity contribution in [2.45, 2.75) is 56.3 Å². The van der Waals surface area contributed by atoms with Gasteiger partial charge in [-0.2, -0.15) is 0 Å². The lowest BCUT2D eigenvalue weighted by atomic mass is 9.95. The van der Waals surface area contributed by atoms with Gasteiger partial charge in [-0.3, -0.25) is 14.2 Å². The minimum atomic E-state index is -0.205. The highest BCUT2D eigenvalue weighted by Gasteiger charge is 2.22. The van der Waals surface area contributed by atoms with Crippen LogP contribution in [-0.2, 0) is 4.79 Å². The van der Waals surface area contributed by atoms with Gasteiger partial charge in [0.05, 0.1) is 29.0 Å². The topological polar surface area (TPSA) is 77.1 Å². The van der Waals surface area contributed by atoms with E-state index in [1.165, 1.54) is 18.2 Å². The van der Waals surface area contributed by atoms with Gasteiger partial charge in [-0.05, 0) is 44.0 Å². The van der Waals surface area contributed by atoms with Gasteiger partial charge < -0.3 is 9.73 Å². The van der Waals surface area contributed by atoms with Gasteiger partial charge in [0.25, 0.3) is 5.56 Å². The lowest BCUT2D eigenvalue weighted by Crippen LogP contribution is -2.31. The molecule has 0 unspecified atom stereocenters. The molecule has 0 aliphatic heterocycles. The number of furan rings is 1.